The largest absolute Gasteiger partial charge is 0.496 e. The van der Waals surface area contributed by atoms with Crippen LogP contribution in [0.1, 0.15) is 54.2 Å². The number of ketones is 3. The highest BCUT2D eigenvalue weighted by Gasteiger charge is 2.38. The molecule has 126 valence electrons. The van der Waals surface area contributed by atoms with Crippen LogP contribution in [0.25, 0.3) is 0 Å². The average molecular weight is 336 g/mol. The smallest absolute Gasteiger partial charge is 0.198 e. The van der Waals surface area contributed by atoms with E-state index in [1.165, 1.54) is 7.11 Å². The van der Waals surface area contributed by atoms with Crippen LogP contribution < -0.4 is 4.74 Å². The van der Waals surface area contributed by atoms with Crippen LogP contribution in [0.15, 0.2) is 30.3 Å². The highest BCUT2D eigenvalue weighted by molar-refractivity contribution is 6.32. The van der Waals surface area contributed by atoms with E-state index in [9.17, 15) is 19.5 Å². The third-order valence-corrected chi connectivity index (χ3v) is 5.00. The number of aliphatic hydroxyl groups excluding tert-OH is 1. The van der Waals surface area contributed by atoms with Gasteiger partial charge < -0.3 is 9.84 Å². The summed E-state index contributed by atoms with van der Waals surface area (Å²) in [5.74, 6) is -0.603. The van der Waals surface area contributed by atoms with E-state index in [0.29, 0.717) is 17.7 Å². The summed E-state index contributed by atoms with van der Waals surface area (Å²) in [6.45, 7) is -0.0742. The molecule has 2 aromatic carbocycles. The van der Waals surface area contributed by atoms with E-state index < -0.39 is 0 Å². The molecule has 1 unspecified atom stereocenters. The van der Waals surface area contributed by atoms with E-state index in [-0.39, 0.29) is 58.5 Å². The Morgan fingerprint density at radius 1 is 0.960 bits per heavy atom. The fourth-order valence-electron chi connectivity index (χ4n) is 3.83. The van der Waals surface area contributed by atoms with E-state index in [1.54, 1.807) is 30.3 Å². The molecule has 5 heteroatoms. The summed E-state index contributed by atoms with van der Waals surface area (Å²) in [5, 5.41) is 9.37. The number of rotatable bonds is 2. The molecule has 2 aliphatic carbocycles. The topological polar surface area (TPSA) is 80.7 Å². The number of carbonyl (C=O) groups is 3. The van der Waals surface area contributed by atoms with Gasteiger partial charge in [-0.2, -0.15) is 0 Å². The van der Waals surface area contributed by atoms with Crippen molar-refractivity contribution in [3.8, 4) is 5.75 Å². The molecular weight excluding hydrogens is 320 g/mol. The van der Waals surface area contributed by atoms with Crippen LogP contribution in [0.3, 0.4) is 0 Å². The van der Waals surface area contributed by atoms with Gasteiger partial charge in [0.25, 0.3) is 0 Å². The molecule has 0 bridgehead atoms. The van der Waals surface area contributed by atoms with Crippen molar-refractivity contribution in [1.29, 1.82) is 0 Å². The molecule has 0 radical (unpaired) electrons. The lowest BCUT2D eigenvalue weighted by atomic mass is 9.74. The quantitative estimate of drug-likeness (QED) is 0.776. The Morgan fingerprint density at radius 3 is 2.40 bits per heavy atom. The maximum Gasteiger partial charge on any atom is 0.198 e. The third-order valence-electron chi connectivity index (χ3n) is 5.00. The van der Waals surface area contributed by atoms with Gasteiger partial charge in [0.1, 0.15) is 5.75 Å². The molecule has 0 saturated carbocycles. The zero-order chi connectivity index (χ0) is 17.7. The molecule has 0 aliphatic heterocycles. The predicted molar refractivity (Wildman–Crippen MR) is 89.5 cm³/mol. The Bertz CT molecular complexity index is 941. The van der Waals surface area contributed by atoms with Gasteiger partial charge in [-0.15, -0.1) is 0 Å². The second-order valence-corrected chi connectivity index (χ2v) is 6.44. The van der Waals surface area contributed by atoms with E-state index >= 15 is 0 Å². The number of hydrogen-bond donors (Lipinski definition) is 1. The summed E-state index contributed by atoms with van der Waals surface area (Å²) < 4.78 is 5.24. The van der Waals surface area contributed by atoms with Crippen LogP contribution >= 0.6 is 0 Å². The van der Waals surface area contributed by atoms with E-state index in [1.807, 2.05) is 0 Å². The maximum absolute atomic E-state index is 13.1. The van der Waals surface area contributed by atoms with Crippen molar-refractivity contribution in [2.24, 2.45) is 5.92 Å². The lowest BCUT2D eigenvalue weighted by Gasteiger charge is -2.27. The lowest BCUT2D eigenvalue weighted by Crippen LogP contribution is -2.29. The first-order valence-electron chi connectivity index (χ1n) is 8.13. The minimum absolute atomic E-state index is 0.0742. The fraction of sp³-hybridized carbons (Fsp3) is 0.250. The minimum Gasteiger partial charge on any atom is -0.496 e. The fourth-order valence-corrected chi connectivity index (χ4v) is 3.83. The summed E-state index contributed by atoms with van der Waals surface area (Å²) in [7, 11) is 1.45. The summed E-state index contributed by atoms with van der Waals surface area (Å²) in [6, 6.07) is 8.22. The molecule has 0 saturated heterocycles. The highest BCUT2D eigenvalue weighted by atomic mass is 16.5. The highest BCUT2D eigenvalue weighted by Crippen LogP contribution is 2.38. The zero-order valence-corrected chi connectivity index (χ0v) is 13.7. The third kappa shape index (κ3) is 2.16. The van der Waals surface area contributed by atoms with Crippen molar-refractivity contribution in [3.63, 3.8) is 0 Å². The first-order chi connectivity index (χ1) is 12.1. The molecule has 4 rings (SSSR count). The van der Waals surface area contributed by atoms with Crippen LogP contribution in [0.5, 0.6) is 5.75 Å². The lowest BCUT2D eigenvalue weighted by molar-refractivity contribution is 0.0906. The summed E-state index contributed by atoms with van der Waals surface area (Å²) >= 11 is 0. The SMILES string of the molecule is COc1cccc2c1C(=O)c1ccc3c(c1C2=O)C(=O)CC(CO)C3. The zero-order valence-electron chi connectivity index (χ0n) is 13.7. The number of hydrogen-bond acceptors (Lipinski definition) is 5. The molecule has 0 heterocycles. The van der Waals surface area contributed by atoms with Crippen LogP contribution in [0.4, 0.5) is 0 Å². The second-order valence-electron chi connectivity index (χ2n) is 6.44. The molecule has 0 spiro atoms. The molecule has 1 atom stereocenters. The van der Waals surface area contributed by atoms with Gasteiger partial charge >= 0.3 is 0 Å². The number of ether oxygens (including phenoxy) is 1. The Morgan fingerprint density at radius 2 is 1.68 bits per heavy atom. The molecule has 2 aliphatic rings. The van der Waals surface area contributed by atoms with Crippen molar-refractivity contribution in [1.82, 2.24) is 0 Å². The van der Waals surface area contributed by atoms with E-state index in [2.05, 4.69) is 0 Å². The molecule has 0 amide bonds. The first kappa shape index (κ1) is 15.7. The van der Waals surface area contributed by atoms with Crippen molar-refractivity contribution in [2.45, 2.75) is 12.8 Å². The van der Waals surface area contributed by atoms with Gasteiger partial charge in [0.15, 0.2) is 17.3 Å². The van der Waals surface area contributed by atoms with Crippen molar-refractivity contribution in [3.05, 3.63) is 63.7 Å². The molecule has 1 N–H and O–H groups in total. The number of aliphatic hydroxyl groups is 1. The van der Waals surface area contributed by atoms with Crippen LogP contribution in [-0.2, 0) is 6.42 Å². The summed E-state index contributed by atoms with van der Waals surface area (Å²) in [4.78, 5) is 38.7. The van der Waals surface area contributed by atoms with Gasteiger partial charge in [-0.1, -0.05) is 18.2 Å². The molecular formula is C20H16O5. The number of carbonyl (C=O) groups excluding carboxylic acids is 3. The predicted octanol–water partition coefficient (Wildman–Crippen LogP) is 2.21. The van der Waals surface area contributed by atoms with Crippen molar-refractivity contribution >= 4 is 17.3 Å². The summed E-state index contributed by atoms with van der Waals surface area (Å²) in [5.41, 5.74) is 2.03. The Hall–Kier alpha value is -2.79. The number of fused-ring (bicyclic) bond motifs is 4. The van der Waals surface area contributed by atoms with Crippen LogP contribution in [-0.4, -0.2) is 36.2 Å². The van der Waals surface area contributed by atoms with Crippen LogP contribution in [0.2, 0.25) is 0 Å². The Labute approximate surface area is 144 Å². The Balaban J connectivity index is 1.96. The van der Waals surface area contributed by atoms with Crippen molar-refractivity contribution < 1.29 is 24.2 Å². The van der Waals surface area contributed by atoms with Crippen molar-refractivity contribution in [2.75, 3.05) is 13.7 Å². The molecule has 0 fully saturated rings. The maximum atomic E-state index is 13.1. The molecule has 5 nitrogen and oxygen atoms in total. The van der Waals surface area contributed by atoms with Gasteiger partial charge in [0.05, 0.1) is 12.7 Å². The molecule has 25 heavy (non-hydrogen) atoms. The molecule has 2 aromatic rings. The first-order valence-corrected chi connectivity index (χ1v) is 8.13. The average Bonchev–Trinajstić information content (AvgIpc) is 2.64. The van der Waals surface area contributed by atoms with Gasteiger partial charge in [0.2, 0.25) is 0 Å². The monoisotopic (exact) mass is 336 g/mol. The Kier molecular flexibility index (Phi) is 3.54. The van der Waals surface area contributed by atoms with Gasteiger partial charge in [-0.05, 0) is 30.0 Å². The normalized spacial score (nSPS) is 18.5. The van der Waals surface area contributed by atoms with E-state index in [4.69, 9.17) is 4.74 Å². The van der Waals surface area contributed by atoms with Gasteiger partial charge in [-0.3, -0.25) is 14.4 Å². The van der Waals surface area contributed by atoms with E-state index in [0.717, 1.165) is 5.56 Å². The number of Topliss-reactive ketones (excluding diaryl/α,β-unsaturated/α-hetero) is 1. The number of methoxy groups -OCH3 is 1. The minimum atomic E-state index is -0.323. The second kappa shape index (κ2) is 5.63. The van der Waals surface area contributed by atoms with Gasteiger partial charge in [0, 0.05) is 35.3 Å². The van der Waals surface area contributed by atoms with Gasteiger partial charge in [-0.25, -0.2) is 0 Å². The standard InChI is InChI=1S/C20H16O5/c1-25-15-4-2-3-12-17(15)19(23)13-6-5-11-7-10(9-21)8-14(22)16(11)18(13)20(12)24/h2-6,10,21H,7-9H2,1H3. The van der Waals surface area contributed by atoms with Crippen LogP contribution in [0, 0.1) is 5.92 Å². The molecule has 0 aromatic heterocycles. The summed E-state index contributed by atoms with van der Waals surface area (Å²) in [6.07, 6.45) is 0.712. The number of benzene rings is 2.